The highest BCUT2D eigenvalue weighted by molar-refractivity contribution is 7.84. The van der Waals surface area contributed by atoms with Crippen molar-refractivity contribution in [1.82, 2.24) is 5.32 Å². The van der Waals surface area contributed by atoms with Crippen LogP contribution < -0.4 is 5.32 Å². The molecule has 0 heterocycles. The van der Waals surface area contributed by atoms with Crippen molar-refractivity contribution in [2.24, 2.45) is 0 Å². The summed E-state index contributed by atoms with van der Waals surface area (Å²) in [4.78, 5) is 12.9. The molecule has 0 saturated heterocycles. The average molecular weight is 313 g/mol. The van der Waals surface area contributed by atoms with Gasteiger partial charge in [-0.2, -0.15) is 0 Å². The second-order valence-corrected chi connectivity index (χ2v) is 7.00. The number of carbonyl (C=O) groups excluding carboxylic acids is 1. The van der Waals surface area contributed by atoms with Crippen LogP contribution in [0, 0.1) is 0 Å². The molecule has 0 aromatic heterocycles. The predicted molar refractivity (Wildman–Crippen MR) is 88.4 cm³/mol. The Morgan fingerprint density at radius 3 is 2.55 bits per heavy atom. The van der Waals surface area contributed by atoms with E-state index in [1.165, 1.54) is 24.0 Å². The van der Waals surface area contributed by atoms with Gasteiger partial charge >= 0.3 is 0 Å². The summed E-state index contributed by atoms with van der Waals surface area (Å²) in [5.41, 5.74) is 4.59. The van der Waals surface area contributed by atoms with E-state index in [9.17, 15) is 9.00 Å². The largest absolute Gasteiger partial charge is 0.348 e. The lowest BCUT2D eigenvalue weighted by molar-refractivity contribution is 0.0951. The van der Waals surface area contributed by atoms with E-state index in [1.807, 2.05) is 0 Å². The van der Waals surface area contributed by atoms with Crippen molar-refractivity contribution in [3.63, 3.8) is 0 Å². The van der Waals surface area contributed by atoms with Gasteiger partial charge in [-0.15, -0.1) is 0 Å². The highest BCUT2D eigenvalue weighted by Gasteiger charge is 2.11. The Balaban J connectivity index is 1.63. The highest BCUT2D eigenvalue weighted by Crippen LogP contribution is 2.22. The fourth-order valence-electron chi connectivity index (χ4n) is 2.82. The fraction of sp³-hybridized carbons (Fsp3) is 0.278. The first kappa shape index (κ1) is 15.0. The summed E-state index contributed by atoms with van der Waals surface area (Å²) in [7, 11) is -1.02. The van der Waals surface area contributed by atoms with Gasteiger partial charge in [0.15, 0.2) is 0 Å². The van der Waals surface area contributed by atoms with Gasteiger partial charge in [-0.05, 0) is 60.2 Å². The first-order valence-electron chi connectivity index (χ1n) is 7.46. The van der Waals surface area contributed by atoms with Crippen LogP contribution in [0.1, 0.15) is 33.5 Å². The van der Waals surface area contributed by atoms with E-state index in [4.69, 9.17) is 0 Å². The Labute approximate surface area is 133 Å². The lowest BCUT2D eigenvalue weighted by Crippen LogP contribution is -2.22. The summed E-state index contributed by atoms with van der Waals surface area (Å²) in [6.07, 6.45) is 5.18. The average Bonchev–Trinajstić information content (AvgIpc) is 3.00. The summed E-state index contributed by atoms with van der Waals surface area (Å²) in [6.45, 7) is 0.535. The molecule has 3 rings (SSSR count). The van der Waals surface area contributed by atoms with Crippen molar-refractivity contribution < 1.29 is 9.00 Å². The molecular weight excluding hydrogens is 294 g/mol. The second-order valence-electron chi connectivity index (χ2n) is 5.62. The summed E-state index contributed by atoms with van der Waals surface area (Å²) in [5.74, 6) is -0.103. The predicted octanol–water partition coefficient (Wildman–Crippen LogP) is 2.84. The minimum absolute atomic E-state index is 0.103. The quantitative estimate of drug-likeness (QED) is 0.943. The van der Waals surface area contributed by atoms with Crippen LogP contribution >= 0.6 is 0 Å². The Hall–Kier alpha value is -1.94. The van der Waals surface area contributed by atoms with E-state index in [1.54, 1.807) is 30.5 Å². The summed E-state index contributed by atoms with van der Waals surface area (Å²) < 4.78 is 11.3. The van der Waals surface area contributed by atoms with Crippen LogP contribution in [-0.2, 0) is 30.2 Å². The zero-order valence-electron chi connectivity index (χ0n) is 12.6. The molecular formula is C18H19NO2S. The summed E-state index contributed by atoms with van der Waals surface area (Å²) in [5, 5.41) is 2.94. The van der Waals surface area contributed by atoms with Gasteiger partial charge in [0, 0.05) is 34.1 Å². The molecule has 0 spiro atoms. The molecule has 0 fully saturated rings. The van der Waals surface area contributed by atoms with E-state index < -0.39 is 10.8 Å². The third kappa shape index (κ3) is 3.28. The summed E-state index contributed by atoms with van der Waals surface area (Å²) >= 11 is 0. The first-order valence-corrected chi connectivity index (χ1v) is 9.01. The maximum atomic E-state index is 12.1. The van der Waals surface area contributed by atoms with Gasteiger partial charge in [0.25, 0.3) is 5.91 Å². The lowest BCUT2D eigenvalue weighted by Gasteiger charge is -2.08. The lowest BCUT2D eigenvalue weighted by atomic mass is 10.1. The minimum atomic E-state index is -1.02. The van der Waals surface area contributed by atoms with Gasteiger partial charge in [-0.1, -0.05) is 18.2 Å². The SMILES string of the molecule is C[S@@](=O)c1ccc(C(=O)NCc2ccc3c(c2)CCC3)cc1. The maximum absolute atomic E-state index is 12.1. The number of carbonyl (C=O) groups is 1. The molecule has 3 nitrogen and oxygen atoms in total. The molecule has 1 atom stereocenters. The maximum Gasteiger partial charge on any atom is 0.251 e. The van der Waals surface area contributed by atoms with Crippen LogP contribution in [0.5, 0.6) is 0 Å². The van der Waals surface area contributed by atoms with Crippen molar-refractivity contribution in [2.75, 3.05) is 6.26 Å². The number of benzene rings is 2. The molecule has 114 valence electrons. The number of amides is 1. The third-order valence-electron chi connectivity index (χ3n) is 4.06. The Kier molecular flexibility index (Phi) is 4.39. The smallest absolute Gasteiger partial charge is 0.251 e. The summed E-state index contributed by atoms with van der Waals surface area (Å²) in [6, 6.07) is 13.4. The van der Waals surface area contributed by atoms with Gasteiger partial charge in [-0.3, -0.25) is 9.00 Å². The van der Waals surface area contributed by atoms with Gasteiger partial charge in [0.05, 0.1) is 0 Å². The number of nitrogens with one attached hydrogen (secondary N) is 1. The van der Waals surface area contributed by atoms with Crippen LogP contribution in [0.15, 0.2) is 47.4 Å². The van der Waals surface area contributed by atoms with Gasteiger partial charge in [-0.25, -0.2) is 0 Å². The van der Waals surface area contributed by atoms with Crippen LogP contribution in [0.3, 0.4) is 0 Å². The molecule has 2 aromatic carbocycles. The highest BCUT2D eigenvalue weighted by atomic mass is 32.2. The number of fused-ring (bicyclic) bond motifs is 1. The molecule has 0 aliphatic heterocycles. The number of aryl methyl sites for hydroxylation is 2. The van der Waals surface area contributed by atoms with Gasteiger partial charge in [0.1, 0.15) is 0 Å². The molecule has 0 radical (unpaired) electrons. The molecule has 4 heteroatoms. The van der Waals surface area contributed by atoms with Crippen molar-refractivity contribution in [3.8, 4) is 0 Å². The monoisotopic (exact) mass is 313 g/mol. The Morgan fingerprint density at radius 2 is 1.82 bits per heavy atom. The zero-order valence-corrected chi connectivity index (χ0v) is 13.4. The molecule has 0 saturated carbocycles. The van der Waals surface area contributed by atoms with E-state index >= 15 is 0 Å². The molecule has 22 heavy (non-hydrogen) atoms. The van der Waals surface area contributed by atoms with Crippen LogP contribution in [0.25, 0.3) is 0 Å². The molecule has 2 aromatic rings. The molecule has 1 aliphatic rings. The third-order valence-corrected chi connectivity index (χ3v) is 5.00. The number of rotatable bonds is 4. The van der Waals surface area contributed by atoms with E-state index in [-0.39, 0.29) is 5.91 Å². The van der Waals surface area contributed by atoms with Gasteiger partial charge < -0.3 is 5.32 Å². The zero-order chi connectivity index (χ0) is 15.5. The van der Waals surface area contributed by atoms with Crippen molar-refractivity contribution in [1.29, 1.82) is 0 Å². The Bertz CT molecular complexity index is 722. The second kappa shape index (κ2) is 6.44. The van der Waals surface area contributed by atoms with Crippen LogP contribution in [0.2, 0.25) is 0 Å². The molecule has 1 aliphatic carbocycles. The molecule has 1 amide bonds. The normalized spacial score (nSPS) is 14.4. The molecule has 1 N–H and O–H groups in total. The van der Waals surface area contributed by atoms with Crippen molar-refractivity contribution in [2.45, 2.75) is 30.7 Å². The molecule has 0 unspecified atom stereocenters. The van der Waals surface area contributed by atoms with Crippen molar-refractivity contribution >= 4 is 16.7 Å². The van der Waals surface area contributed by atoms with Crippen molar-refractivity contribution in [3.05, 3.63) is 64.7 Å². The van der Waals surface area contributed by atoms with Crippen LogP contribution in [0.4, 0.5) is 0 Å². The van der Waals surface area contributed by atoms with E-state index in [0.29, 0.717) is 12.1 Å². The fourth-order valence-corrected chi connectivity index (χ4v) is 3.34. The first-order chi connectivity index (χ1) is 10.6. The molecule has 0 bridgehead atoms. The topological polar surface area (TPSA) is 46.2 Å². The number of hydrogen-bond donors (Lipinski definition) is 1. The standard InChI is InChI=1S/C18H19NO2S/c1-22(21)17-9-7-15(8-10-17)18(20)19-12-13-5-6-14-3-2-4-16(14)11-13/h5-11H,2-4,12H2,1H3,(H,19,20)/t22-/m1/s1. The minimum Gasteiger partial charge on any atom is -0.348 e. The van der Waals surface area contributed by atoms with Gasteiger partial charge in [0.2, 0.25) is 0 Å². The van der Waals surface area contributed by atoms with E-state index in [0.717, 1.165) is 16.9 Å². The Morgan fingerprint density at radius 1 is 1.09 bits per heavy atom. The van der Waals surface area contributed by atoms with Crippen LogP contribution in [-0.4, -0.2) is 16.4 Å². The van der Waals surface area contributed by atoms with E-state index in [2.05, 4.69) is 23.5 Å². The number of hydrogen-bond acceptors (Lipinski definition) is 2.